The second-order valence-electron chi connectivity index (χ2n) is 4.03. The molecule has 5 nitrogen and oxygen atoms in total. The van der Waals surface area contributed by atoms with Crippen LogP contribution in [-0.4, -0.2) is 36.5 Å². The minimum atomic E-state index is -0.0432. The van der Waals surface area contributed by atoms with Gasteiger partial charge in [-0.05, 0) is 18.2 Å². The molecule has 0 saturated carbocycles. The zero-order valence-corrected chi connectivity index (χ0v) is 12.0. The molecule has 0 spiro atoms. The lowest BCUT2D eigenvalue weighted by Gasteiger charge is -2.16. The molecule has 2 aromatic rings. The number of hydrogen-bond acceptors (Lipinski definition) is 4. The Morgan fingerprint density at radius 1 is 1.44 bits per heavy atom. The molecule has 0 amide bonds. The van der Waals surface area contributed by atoms with Gasteiger partial charge in [-0.25, -0.2) is 4.98 Å². The highest BCUT2D eigenvalue weighted by molar-refractivity contribution is 9.10. The average molecular weight is 314 g/mol. The lowest BCUT2D eigenvalue weighted by molar-refractivity contribution is 0.0193. The molecule has 0 aliphatic rings. The largest absolute Gasteiger partial charge is 0.382 e. The Labute approximate surface area is 114 Å². The number of rotatable bonds is 5. The normalized spacial score (nSPS) is 13.1. The van der Waals surface area contributed by atoms with E-state index in [0.29, 0.717) is 19.1 Å². The summed E-state index contributed by atoms with van der Waals surface area (Å²) >= 11 is 3.42. The van der Waals surface area contributed by atoms with E-state index in [1.54, 1.807) is 14.2 Å². The second-order valence-corrected chi connectivity index (χ2v) is 4.94. The fourth-order valence-electron chi connectivity index (χ4n) is 1.90. The quantitative estimate of drug-likeness (QED) is 0.917. The molecule has 6 heteroatoms. The van der Waals surface area contributed by atoms with Gasteiger partial charge in [0.25, 0.3) is 0 Å². The number of ether oxygens (including phenoxy) is 2. The van der Waals surface area contributed by atoms with Gasteiger partial charge < -0.3 is 19.8 Å². The number of aromatic nitrogens is 2. The summed E-state index contributed by atoms with van der Waals surface area (Å²) in [6.45, 7) is 1.14. The maximum absolute atomic E-state index is 5.94. The van der Waals surface area contributed by atoms with Gasteiger partial charge >= 0.3 is 0 Å². The summed E-state index contributed by atoms with van der Waals surface area (Å²) in [7, 11) is 3.31. The third-order valence-corrected chi connectivity index (χ3v) is 3.31. The molecule has 1 unspecified atom stereocenters. The van der Waals surface area contributed by atoms with Gasteiger partial charge in [0.05, 0.1) is 30.3 Å². The molecular weight excluding hydrogens is 298 g/mol. The molecular formula is C12H16BrN3O2. The van der Waals surface area contributed by atoms with Crippen molar-refractivity contribution in [1.29, 1.82) is 0 Å². The minimum absolute atomic E-state index is 0.0432. The molecule has 1 aromatic heterocycles. The van der Waals surface area contributed by atoms with Crippen molar-refractivity contribution in [3.05, 3.63) is 22.7 Å². The predicted octanol–water partition coefficient (Wildman–Crippen LogP) is 2.04. The predicted molar refractivity (Wildman–Crippen MR) is 74.5 cm³/mol. The fourth-order valence-corrected chi connectivity index (χ4v) is 2.25. The second kappa shape index (κ2) is 5.69. The van der Waals surface area contributed by atoms with E-state index in [4.69, 9.17) is 15.2 Å². The third kappa shape index (κ3) is 2.66. The Kier molecular flexibility index (Phi) is 4.21. The smallest absolute Gasteiger partial charge is 0.201 e. The minimum Gasteiger partial charge on any atom is -0.382 e. The van der Waals surface area contributed by atoms with E-state index in [9.17, 15) is 0 Å². The van der Waals surface area contributed by atoms with Crippen molar-refractivity contribution in [1.82, 2.24) is 9.55 Å². The van der Waals surface area contributed by atoms with E-state index < -0.39 is 0 Å². The van der Waals surface area contributed by atoms with Crippen LogP contribution in [0.2, 0.25) is 0 Å². The molecule has 0 radical (unpaired) electrons. The number of benzene rings is 1. The highest BCUT2D eigenvalue weighted by Crippen LogP contribution is 2.22. The van der Waals surface area contributed by atoms with E-state index in [1.165, 1.54) is 0 Å². The van der Waals surface area contributed by atoms with Crippen LogP contribution in [0, 0.1) is 0 Å². The molecule has 0 aliphatic heterocycles. The van der Waals surface area contributed by atoms with E-state index in [2.05, 4.69) is 20.9 Å². The molecule has 2 rings (SSSR count). The van der Waals surface area contributed by atoms with Crippen molar-refractivity contribution in [2.45, 2.75) is 12.6 Å². The van der Waals surface area contributed by atoms with Crippen molar-refractivity contribution in [2.75, 3.05) is 26.6 Å². The van der Waals surface area contributed by atoms with Crippen LogP contribution in [0.1, 0.15) is 0 Å². The number of fused-ring (bicyclic) bond motifs is 1. The Morgan fingerprint density at radius 3 is 2.89 bits per heavy atom. The molecule has 1 aromatic carbocycles. The van der Waals surface area contributed by atoms with Gasteiger partial charge in [0.15, 0.2) is 0 Å². The summed E-state index contributed by atoms with van der Waals surface area (Å²) in [5, 5.41) is 0. The number of nitrogens with two attached hydrogens (primary N) is 1. The molecule has 98 valence electrons. The fraction of sp³-hybridized carbons (Fsp3) is 0.417. The van der Waals surface area contributed by atoms with Crippen LogP contribution in [0.5, 0.6) is 0 Å². The first kappa shape index (κ1) is 13.3. The van der Waals surface area contributed by atoms with Crippen molar-refractivity contribution < 1.29 is 9.47 Å². The van der Waals surface area contributed by atoms with Crippen molar-refractivity contribution in [3.8, 4) is 0 Å². The highest BCUT2D eigenvalue weighted by Gasteiger charge is 2.14. The summed E-state index contributed by atoms with van der Waals surface area (Å²) in [6.07, 6.45) is -0.0432. The number of imidazole rings is 1. The number of hydrogen-bond donors (Lipinski definition) is 1. The van der Waals surface area contributed by atoms with E-state index >= 15 is 0 Å². The van der Waals surface area contributed by atoms with Crippen LogP contribution in [0.25, 0.3) is 11.0 Å². The third-order valence-electron chi connectivity index (χ3n) is 2.81. The molecule has 1 heterocycles. The zero-order valence-electron chi connectivity index (χ0n) is 10.4. The Bertz CT molecular complexity index is 541. The summed E-state index contributed by atoms with van der Waals surface area (Å²) in [6, 6.07) is 5.90. The lowest BCUT2D eigenvalue weighted by Crippen LogP contribution is -2.24. The van der Waals surface area contributed by atoms with Crippen molar-refractivity contribution >= 4 is 32.9 Å². The first-order valence-electron chi connectivity index (χ1n) is 5.58. The lowest BCUT2D eigenvalue weighted by atomic mass is 10.3. The van der Waals surface area contributed by atoms with Crippen LogP contribution in [0.15, 0.2) is 22.7 Å². The van der Waals surface area contributed by atoms with Crippen molar-refractivity contribution in [2.24, 2.45) is 0 Å². The first-order chi connectivity index (χ1) is 8.65. The average Bonchev–Trinajstić information content (AvgIpc) is 2.64. The van der Waals surface area contributed by atoms with Gasteiger partial charge in [0.1, 0.15) is 0 Å². The van der Waals surface area contributed by atoms with Crippen LogP contribution < -0.4 is 5.73 Å². The molecule has 0 saturated heterocycles. The highest BCUT2D eigenvalue weighted by atomic mass is 79.9. The van der Waals surface area contributed by atoms with Gasteiger partial charge in [-0.1, -0.05) is 15.9 Å². The molecule has 0 aliphatic carbocycles. The topological polar surface area (TPSA) is 62.3 Å². The van der Waals surface area contributed by atoms with E-state index in [1.807, 2.05) is 22.8 Å². The van der Waals surface area contributed by atoms with Gasteiger partial charge in [-0.15, -0.1) is 0 Å². The van der Waals surface area contributed by atoms with Crippen LogP contribution in [0.4, 0.5) is 5.95 Å². The monoisotopic (exact) mass is 313 g/mol. The SMILES string of the molecule is COCC(Cn1c(N)nc2cc(Br)ccc21)OC. The van der Waals surface area contributed by atoms with Gasteiger partial charge in [0.2, 0.25) is 5.95 Å². The Balaban J connectivity index is 2.34. The van der Waals surface area contributed by atoms with Gasteiger partial charge in [0, 0.05) is 18.7 Å². The van der Waals surface area contributed by atoms with Gasteiger partial charge in [-0.2, -0.15) is 0 Å². The standard InChI is InChI=1S/C12H16BrN3O2/c1-17-7-9(18-2)6-16-11-4-3-8(13)5-10(11)15-12(16)14/h3-5,9H,6-7H2,1-2H3,(H2,14,15). The molecule has 18 heavy (non-hydrogen) atoms. The summed E-state index contributed by atoms with van der Waals surface area (Å²) < 4.78 is 13.4. The number of methoxy groups -OCH3 is 2. The summed E-state index contributed by atoms with van der Waals surface area (Å²) in [5.74, 6) is 0.487. The molecule has 0 bridgehead atoms. The van der Waals surface area contributed by atoms with Crippen molar-refractivity contribution in [3.63, 3.8) is 0 Å². The van der Waals surface area contributed by atoms with Crippen LogP contribution >= 0.6 is 15.9 Å². The number of anilines is 1. The zero-order chi connectivity index (χ0) is 13.1. The first-order valence-corrected chi connectivity index (χ1v) is 6.38. The molecule has 2 N–H and O–H groups in total. The number of nitrogens with zero attached hydrogens (tertiary/aromatic N) is 2. The maximum Gasteiger partial charge on any atom is 0.201 e. The summed E-state index contributed by atoms with van der Waals surface area (Å²) in [5.41, 5.74) is 7.81. The van der Waals surface area contributed by atoms with Gasteiger partial charge in [-0.3, -0.25) is 0 Å². The Hall–Kier alpha value is -1.11. The Morgan fingerprint density at radius 2 is 2.22 bits per heavy atom. The van der Waals surface area contributed by atoms with Crippen LogP contribution in [-0.2, 0) is 16.0 Å². The maximum atomic E-state index is 5.94. The number of nitrogen functional groups attached to an aromatic ring is 1. The summed E-state index contributed by atoms with van der Waals surface area (Å²) in [4.78, 5) is 4.34. The number of halogens is 1. The molecule has 0 fully saturated rings. The van der Waals surface area contributed by atoms with E-state index in [-0.39, 0.29) is 6.10 Å². The molecule has 1 atom stereocenters. The van der Waals surface area contributed by atoms with Crippen LogP contribution in [0.3, 0.4) is 0 Å². The van der Waals surface area contributed by atoms with E-state index in [0.717, 1.165) is 15.5 Å².